The molecule has 3 aromatic rings. The zero-order chi connectivity index (χ0) is 34.1. The van der Waals surface area contributed by atoms with Crippen LogP contribution in [0.5, 0.6) is 0 Å². The Bertz CT molecular complexity index is 1460. The molecular weight excluding hydrogens is 650 g/mol. The first kappa shape index (κ1) is 36.3. The second-order valence-corrected chi connectivity index (χ2v) is 10.8. The van der Waals surface area contributed by atoms with Crippen molar-refractivity contribution in [1.82, 2.24) is 25.4 Å². The van der Waals surface area contributed by atoms with Gasteiger partial charge in [0.1, 0.15) is 5.82 Å². The first-order valence-electron chi connectivity index (χ1n) is 14.0. The minimum atomic E-state index is -5.08. The fraction of sp³-hybridized carbons (Fsp3) is 0.464. The lowest BCUT2D eigenvalue weighted by Crippen LogP contribution is -2.36. The van der Waals surface area contributed by atoms with Crippen LogP contribution < -0.4 is 15.5 Å². The standard InChI is InChI=1S/C24H29ClN6O.2C2HF3O2/c25-18-7-5-17(6-8-18)16-31-23-20(22(29-31)24(32)27-19-11-12-26-15-19)9-10-21(28-23)30-13-3-1-2-4-14-30;2*3-2(4,5)1(6)7/h5-10,19,26H,1-4,11-16H2,(H,27,32);2*(H,6,7)/t19-;;/m0../s1. The van der Waals surface area contributed by atoms with Gasteiger partial charge in [0.15, 0.2) is 11.3 Å². The molecular formula is C28H31ClF6N6O5. The summed E-state index contributed by atoms with van der Waals surface area (Å²) in [6.45, 7) is 4.30. The molecule has 2 saturated heterocycles. The van der Waals surface area contributed by atoms with Gasteiger partial charge in [-0.25, -0.2) is 19.3 Å². The molecule has 0 saturated carbocycles. The molecule has 2 aliphatic heterocycles. The Morgan fingerprint density at radius 1 is 0.913 bits per heavy atom. The normalized spacial score (nSPS) is 16.8. The van der Waals surface area contributed by atoms with Crippen molar-refractivity contribution in [2.24, 2.45) is 0 Å². The van der Waals surface area contributed by atoms with Gasteiger partial charge in [0.25, 0.3) is 5.91 Å². The number of carbonyl (C=O) groups is 3. The Labute approximate surface area is 263 Å². The van der Waals surface area contributed by atoms with Gasteiger partial charge in [-0.15, -0.1) is 0 Å². The number of anilines is 1. The summed E-state index contributed by atoms with van der Waals surface area (Å²) in [6.07, 6.45) is -4.31. The highest BCUT2D eigenvalue weighted by molar-refractivity contribution is 6.30. The number of nitrogens with one attached hydrogen (secondary N) is 2. The van der Waals surface area contributed by atoms with E-state index in [1.54, 1.807) is 0 Å². The van der Waals surface area contributed by atoms with E-state index in [0.717, 1.165) is 55.0 Å². The summed E-state index contributed by atoms with van der Waals surface area (Å²) in [5, 5.41) is 26.9. The highest BCUT2D eigenvalue weighted by Gasteiger charge is 2.39. The van der Waals surface area contributed by atoms with Crippen molar-refractivity contribution in [3.8, 4) is 0 Å². The van der Waals surface area contributed by atoms with Gasteiger partial charge in [-0.05, 0) is 55.6 Å². The summed E-state index contributed by atoms with van der Waals surface area (Å²) < 4.78 is 65.3. The summed E-state index contributed by atoms with van der Waals surface area (Å²) >= 11 is 6.06. The van der Waals surface area contributed by atoms with Crippen molar-refractivity contribution < 1.29 is 50.9 Å². The first-order valence-corrected chi connectivity index (χ1v) is 14.4. The molecule has 1 atom stereocenters. The van der Waals surface area contributed by atoms with E-state index in [0.29, 0.717) is 17.3 Å². The summed E-state index contributed by atoms with van der Waals surface area (Å²) in [5.74, 6) is -4.69. The monoisotopic (exact) mass is 680 g/mol. The molecule has 11 nitrogen and oxygen atoms in total. The van der Waals surface area contributed by atoms with Gasteiger partial charge in [-0.3, -0.25) is 4.79 Å². The third-order valence-electron chi connectivity index (χ3n) is 6.85. The molecule has 0 bridgehead atoms. The number of aromatic nitrogens is 3. The fourth-order valence-corrected chi connectivity index (χ4v) is 4.72. The Hall–Kier alpha value is -4.12. The zero-order valence-corrected chi connectivity index (χ0v) is 24.9. The van der Waals surface area contributed by atoms with Crippen LogP contribution >= 0.6 is 11.6 Å². The summed E-state index contributed by atoms with van der Waals surface area (Å²) in [4.78, 5) is 38.2. The predicted octanol–water partition coefficient (Wildman–Crippen LogP) is 4.87. The summed E-state index contributed by atoms with van der Waals surface area (Å²) in [6, 6.07) is 11.9. The van der Waals surface area contributed by atoms with Crippen molar-refractivity contribution in [3.63, 3.8) is 0 Å². The molecule has 2 aliphatic rings. The van der Waals surface area contributed by atoms with Crippen LogP contribution in [0.4, 0.5) is 32.2 Å². The number of rotatable bonds is 5. The predicted molar refractivity (Wildman–Crippen MR) is 155 cm³/mol. The highest BCUT2D eigenvalue weighted by Crippen LogP contribution is 2.25. The van der Waals surface area contributed by atoms with Crippen LogP contribution in [-0.2, 0) is 16.1 Å². The Morgan fingerprint density at radius 2 is 1.48 bits per heavy atom. The van der Waals surface area contributed by atoms with Crippen molar-refractivity contribution >= 4 is 46.3 Å². The van der Waals surface area contributed by atoms with E-state index in [1.807, 2.05) is 41.1 Å². The van der Waals surface area contributed by atoms with E-state index in [2.05, 4.69) is 15.5 Å². The number of halogens is 7. The van der Waals surface area contributed by atoms with Crippen molar-refractivity contribution in [2.45, 2.75) is 57.0 Å². The highest BCUT2D eigenvalue weighted by atomic mass is 35.5. The second-order valence-electron chi connectivity index (χ2n) is 10.3. The maximum Gasteiger partial charge on any atom is 0.490 e. The molecule has 2 aromatic heterocycles. The van der Waals surface area contributed by atoms with Gasteiger partial charge in [-0.2, -0.15) is 31.4 Å². The largest absolute Gasteiger partial charge is 0.490 e. The number of hydrogen-bond donors (Lipinski definition) is 4. The third kappa shape index (κ3) is 10.8. The molecule has 0 unspecified atom stereocenters. The SMILES string of the molecule is O=C(N[C@H]1CCNC1)c1nn(Cc2ccc(Cl)cc2)c2nc(N3CCCCCC3)ccc12.O=C(O)C(F)(F)F.O=C(O)C(F)(F)F. The van der Waals surface area contributed by atoms with Gasteiger partial charge in [0.05, 0.1) is 11.9 Å². The molecule has 1 aromatic carbocycles. The van der Waals surface area contributed by atoms with Gasteiger partial charge < -0.3 is 25.7 Å². The van der Waals surface area contributed by atoms with Crippen LogP contribution in [0.1, 0.15) is 48.2 Å². The number of pyridine rings is 1. The van der Waals surface area contributed by atoms with E-state index < -0.39 is 24.3 Å². The molecule has 4 N–H and O–H groups in total. The Balaban J connectivity index is 0.000000345. The van der Waals surface area contributed by atoms with E-state index in [-0.39, 0.29) is 11.9 Å². The Kier molecular flexibility index (Phi) is 12.6. The van der Waals surface area contributed by atoms with Gasteiger partial charge in [-0.1, -0.05) is 36.6 Å². The lowest BCUT2D eigenvalue weighted by Gasteiger charge is -2.21. The van der Waals surface area contributed by atoms with Gasteiger partial charge in [0, 0.05) is 30.7 Å². The molecule has 18 heteroatoms. The minimum Gasteiger partial charge on any atom is -0.475 e. The van der Waals surface area contributed by atoms with Gasteiger partial charge in [0.2, 0.25) is 0 Å². The number of amides is 1. The number of aliphatic carboxylic acids is 2. The van der Waals surface area contributed by atoms with Crippen molar-refractivity contribution in [2.75, 3.05) is 31.1 Å². The van der Waals surface area contributed by atoms with Crippen LogP contribution in [0.25, 0.3) is 11.0 Å². The van der Waals surface area contributed by atoms with Crippen molar-refractivity contribution in [1.29, 1.82) is 0 Å². The molecule has 4 heterocycles. The molecule has 5 rings (SSSR count). The number of benzene rings is 1. The molecule has 0 radical (unpaired) electrons. The Morgan fingerprint density at radius 3 is 1.98 bits per heavy atom. The summed E-state index contributed by atoms with van der Waals surface area (Å²) in [7, 11) is 0. The maximum atomic E-state index is 13.1. The number of alkyl halides is 6. The number of nitrogens with zero attached hydrogens (tertiary/aromatic N) is 4. The van der Waals surface area contributed by atoms with Crippen LogP contribution in [0.15, 0.2) is 36.4 Å². The molecule has 46 heavy (non-hydrogen) atoms. The molecule has 0 spiro atoms. The van der Waals surface area contributed by atoms with E-state index >= 15 is 0 Å². The molecule has 2 fully saturated rings. The fourth-order valence-electron chi connectivity index (χ4n) is 4.59. The number of carboxylic acid groups (broad SMARTS) is 2. The molecule has 1 amide bonds. The van der Waals surface area contributed by atoms with Crippen LogP contribution in [0, 0.1) is 0 Å². The van der Waals surface area contributed by atoms with Crippen LogP contribution in [0.2, 0.25) is 5.02 Å². The van der Waals surface area contributed by atoms with Crippen molar-refractivity contribution in [3.05, 3.63) is 52.7 Å². The first-order chi connectivity index (χ1) is 21.6. The lowest BCUT2D eigenvalue weighted by atomic mass is 10.2. The zero-order valence-electron chi connectivity index (χ0n) is 24.2. The average Bonchev–Trinajstić information content (AvgIpc) is 3.52. The number of fused-ring (bicyclic) bond motifs is 1. The number of carboxylic acids is 2. The van der Waals surface area contributed by atoms with E-state index in [1.165, 1.54) is 25.7 Å². The maximum absolute atomic E-state index is 13.1. The topological polar surface area (TPSA) is 150 Å². The van der Waals surface area contributed by atoms with E-state index in [4.69, 9.17) is 41.5 Å². The number of carbonyl (C=O) groups excluding carboxylic acids is 1. The third-order valence-corrected chi connectivity index (χ3v) is 7.10. The lowest BCUT2D eigenvalue weighted by molar-refractivity contribution is -0.193. The average molecular weight is 681 g/mol. The smallest absolute Gasteiger partial charge is 0.475 e. The summed E-state index contributed by atoms with van der Waals surface area (Å²) in [5.41, 5.74) is 2.25. The second kappa shape index (κ2) is 15.9. The quantitative estimate of drug-likeness (QED) is 0.277. The molecule has 0 aliphatic carbocycles. The number of hydrogen-bond acceptors (Lipinski definition) is 7. The van der Waals surface area contributed by atoms with Gasteiger partial charge >= 0.3 is 24.3 Å². The van der Waals surface area contributed by atoms with E-state index in [9.17, 15) is 31.1 Å². The van der Waals surface area contributed by atoms with Crippen LogP contribution in [-0.4, -0.2) is 87.4 Å². The molecule has 252 valence electrons. The van der Waals surface area contributed by atoms with Crippen LogP contribution in [0.3, 0.4) is 0 Å². The minimum absolute atomic E-state index is 0.136.